The van der Waals surface area contributed by atoms with Gasteiger partial charge in [-0.2, -0.15) is 0 Å². The van der Waals surface area contributed by atoms with E-state index in [0.29, 0.717) is 0 Å². The highest BCUT2D eigenvalue weighted by atomic mass is 32.3. The molecule has 2 aromatic rings. The molecular weight excluding hydrogens is 400 g/mol. The molecule has 0 bridgehead atoms. The molecule has 0 saturated carbocycles. The minimum Gasteiger partial charge on any atom is -0.504 e. The molecule has 3 N–H and O–H groups in total. The monoisotopic (exact) mass is 412 g/mol. The number of anilines is 2. The van der Waals surface area contributed by atoms with Gasteiger partial charge < -0.3 is 24.1 Å². The average molecular weight is 412 g/mol. The van der Waals surface area contributed by atoms with Crippen molar-refractivity contribution in [2.45, 2.75) is 0 Å². The Morgan fingerprint density at radius 3 is 2.18 bits per heavy atom. The largest absolute Gasteiger partial charge is 0.504 e. The van der Waals surface area contributed by atoms with Crippen LogP contribution >= 0.6 is 0 Å². The Morgan fingerprint density at radius 2 is 1.54 bits per heavy atom. The molecule has 0 saturated heterocycles. The maximum atomic E-state index is 11.4. The second-order valence-electron chi connectivity index (χ2n) is 5.43. The molecule has 2 aromatic carbocycles. The summed E-state index contributed by atoms with van der Waals surface area (Å²) in [4.78, 5) is 20.3. The zero-order chi connectivity index (χ0) is 20.5. The van der Waals surface area contributed by atoms with Gasteiger partial charge in [-0.1, -0.05) is 0 Å². The van der Waals surface area contributed by atoms with Gasteiger partial charge in [-0.05, 0) is 18.2 Å². The molecular formula is C14H12N4O9S. The van der Waals surface area contributed by atoms with Crippen LogP contribution in [-0.4, -0.2) is 36.5 Å². The number of nitrogens with one attached hydrogen (secondary N) is 2. The molecule has 0 amide bonds. The Bertz CT molecular complexity index is 1070. The zero-order valence-electron chi connectivity index (χ0n) is 13.8. The maximum absolute atomic E-state index is 11.4. The maximum Gasteiger partial charge on any atom is 0.501 e. The topological polar surface area (TPSA) is 183 Å². The van der Waals surface area contributed by atoms with Crippen molar-refractivity contribution in [2.24, 2.45) is 0 Å². The van der Waals surface area contributed by atoms with Crippen LogP contribution in [0.4, 0.5) is 22.7 Å². The summed E-state index contributed by atoms with van der Waals surface area (Å²) in [6.07, 6.45) is 0. The number of fused-ring (bicyclic) bond motifs is 1. The van der Waals surface area contributed by atoms with Crippen LogP contribution in [0.5, 0.6) is 17.2 Å². The van der Waals surface area contributed by atoms with Crippen LogP contribution in [-0.2, 0) is 10.4 Å². The Balaban J connectivity index is 1.67. The highest BCUT2D eigenvalue weighted by Gasteiger charge is 2.33. The van der Waals surface area contributed by atoms with E-state index in [9.17, 15) is 33.8 Å². The fraction of sp³-hybridized carbons (Fsp3) is 0.143. The van der Waals surface area contributed by atoms with Crippen LogP contribution < -0.4 is 19.0 Å². The second kappa shape index (κ2) is 7.07. The molecule has 0 atom stereocenters. The van der Waals surface area contributed by atoms with Crippen molar-refractivity contribution >= 4 is 33.1 Å². The lowest BCUT2D eigenvalue weighted by Crippen LogP contribution is -2.15. The van der Waals surface area contributed by atoms with Gasteiger partial charge in [0.25, 0.3) is 11.4 Å². The van der Waals surface area contributed by atoms with E-state index in [4.69, 9.17) is 0 Å². The van der Waals surface area contributed by atoms with Crippen molar-refractivity contribution in [2.75, 3.05) is 23.7 Å². The standard InChI is InChI=1S/C14H12N4O9S/c19-12-4-3-10(13-14(12)27-28(24,25)26-13)16-6-5-15-9-2-1-8(17(20)21)7-11(9)18(22)23/h1-4,7,15-16,19H,5-6H2. The lowest BCUT2D eigenvalue weighted by molar-refractivity contribution is -0.393. The Labute approximate surface area is 157 Å². The average Bonchev–Trinajstić information content (AvgIpc) is 2.96. The molecule has 148 valence electrons. The predicted molar refractivity (Wildman–Crippen MR) is 95.0 cm³/mol. The third kappa shape index (κ3) is 3.80. The molecule has 14 heteroatoms. The highest BCUT2D eigenvalue weighted by Crippen LogP contribution is 2.47. The van der Waals surface area contributed by atoms with Gasteiger partial charge >= 0.3 is 10.4 Å². The van der Waals surface area contributed by atoms with Crippen LogP contribution in [0.1, 0.15) is 0 Å². The van der Waals surface area contributed by atoms with E-state index in [2.05, 4.69) is 19.0 Å². The number of benzene rings is 2. The number of non-ortho nitro benzene ring substituents is 1. The van der Waals surface area contributed by atoms with Gasteiger partial charge in [0.1, 0.15) is 5.69 Å². The summed E-state index contributed by atoms with van der Waals surface area (Å²) in [5.41, 5.74) is -0.569. The van der Waals surface area contributed by atoms with Crippen molar-refractivity contribution in [3.63, 3.8) is 0 Å². The predicted octanol–water partition coefficient (Wildman–Crippen LogP) is 1.75. The Hall–Kier alpha value is -3.81. The molecule has 0 radical (unpaired) electrons. The lowest BCUT2D eigenvalue weighted by atomic mass is 10.2. The molecule has 13 nitrogen and oxygen atoms in total. The van der Waals surface area contributed by atoms with Gasteiger partial charge in [0.2, 0.25) is 11.5 Å². The Morgan fingerprint density at radius 1 is 0.929 bits per heavy atom. The molecule has 1 heterocycles. The van der Waals surface area contributed by atoms with Crippen LogP contribution in [0.2, 0.25) is 0 Å². The second-order valence-corrected chi connectivity index (χ2v) is 6.58. The molecule has 0 spiro atoms. The number of nitrogens with zero attached hydrogens (tertiary/aromatic N) is 2. The van der Waals surface area contributed by atoms with E-state index >= 15 is 0 Å². The summed E-state index contributed by atoms with van der Waals surface area (Å²) >= 11 is 0. The first kappa shape index (κ1) is 19.0. The van der Waals surface area contributed by atoms with E-state index in [-0.39, 0.29) is 36.0 Å². The minimum atomic E-state index is -4.30. The smallest absolute Gasteiger partial charge is 0.501 e. The van der Waals surface area contributed by atoms with Gasteiger partial charge in [-0.3, -0.25) is 20.2 Å². The van der Waals surface area contributed by atoms with Crippen LogP contribution in [0.25, 0.3) is 0 Å². The number of phenols is 1. The Kier molecular flexibility index (Phi) is 4.79. The number of hydrogen-bond acceptors (Lipinski definition) is 11. The zero-order valence-corrected chi connectivity index (χ0v) is 14.6. The third-order valence-corrected chi connectivity index (χ3v) is 4.35. The van der Waals surface area contributed by atoms with E-state index in [0.717, 1.165) is 12.1 Å². The summed E-state index contributed by atoms with van der Waals surface area (Å²) in [7, 11) is -4.30. The van der Waals surface area contributed by atoms with E-state index in [1.807, 2.05) is 0 Å². The van der Waals surface area contributed by atoms with Gasteiger partial charge in [0.05, 0.1) is 21.6 Å². The first-order chi connectivity index (χ1) is 13.2. The van der Waals surface area contributed by atoms with Gasteiger partial charge in [-0.25, -0.2) is 0 Å². The van der Waals surface area contributed by atoms with Crippen molar-refractivity contribution in [1.82, 2.24) is 0 Å². The van der Waals surface area contributed by atoms with Crippen molar-refractivity contribution < 1.29 is 31.7 Å². The van der Waals surface area contributed by atoms with E-state index < -0.39 is 37.4 Å². The summed E-state index contributed by atoms with van der Waals surface area (Å²) < 4.78 is 31.9. The minimum absolute atomic E-state index is 0.0792. The van der Waals surface area contributed by atoms with E-state index in [1.54, 1.807) is 0 Å². The van der Waals surface area contributed by atoms with Gasteiger partial charge in [0.15, 0.2) is 5.75 Å². The molecule has 0 aliphatic carbocycles. The third-order valence-electron chi connectivity index (χ3n) is 3.61. The number of hydrogen-bond donors (Lipinski definition) is 3. The summed E-state index contributed by atoms with van der Waals surface area (Å²) in [6, 6.07) is 5.77. The molecule has 0 aromatic heterocycles. The molecule has 1 aliphatic rings. The molecule has 3 rings (SSSR count). The summed E-state index contributed by atoms with van der Waals surface area (Å²) in [5, 5.41) is 37.1. The molecule has 0 unspecified atom stereocenters. The summed E-state index contributed by atoms with van der Waals surface area (Å²) in [6.45, 7) is 0.302. The lowest BCUT2D eigenvalue weighted by Gasteiger charge is -2.10. The van der Waals surface area contributed by atoms with Crippen molar-refractivity contribution in [1.29, 1.82) is 0 Å². The molecule has 28 heavy (non-hydrogen) atoms. The SMILES string of the molecule is O=[N+]([O-])c1ccc(NCCNc2ccc(O)c3c2OS(=O)(=O)O3)c([N+](=O)[O-])c1. The fourth-order valence-corrected chi connectivity index (χ4v) is 3.17. The number of phenolic OH excluding ortho intramolecular Hbond substituents is 1. The first-order valence-electron chi connectivity index (χ1n) is 7.58. The van der Waals surface area contributed by atoms with Crippen LogP contribution in [0.15, 0.2) is 30.3 Å². The first-order valence-corrected chi connectivity index (χ1v) is 8.92. The quantitative estimate of drug-likeness (QED) is 0.260. The number of aromatic hydroxyl groups is 1. The fourth-order valence-electron chi connectivity index (χ4n) is 2.40. The number of nitro groups is 2. The van der Waals surface area contributed by atoms with Crippen molar-refractivity contribution in [3.05, 3.63) is 50.6 Å². The molecule has 0 fully saturated rings. The van der Waals surface area contributed by atoms with Gasteiger partial charge in [0, 0.05) is 19.2 Å². The number of nitro benzene ring substituents is 2. The van der Waals surface area contributed by atoms with Crippen LogP contribution in [0.3, 0.4) is 0 Å². The van der Waals surface area contributed by atoms with Crippen molar-refractivity contribution in [3.8, 4) is 17.2 Å². The molecule has 1 aliphatic heterocycles. The normalized spacial score (nSPS) is 13.7. The highest BCUT2D eigenvalue weighted by molar-refractivity contribution is 7.82. The van der Waals surface area contributed by atoms with Crippen LogP contribution in [0, 0.1) is 20.2 Å². The number of rotatable bonds is 7. The van der Waals surface area contributed by atoms with E-state index in [1.165, 1.54) is 18.2 Å². The summed E-state index contributed by atoms with van der Waals surface area (Å²) in [5.74, 6) is -0.966. The van der Waals surface area contributed by atoms with Gasteiger partial charge in [-0.15, -0.1) is 8.42 Å².